The van der Waals surface area contributed by atoms with Gasteiger partial charge in [-0.3, -0.25) is 0 Å². The van der Waals surface area contributed by atoms with E-state index in [0.717, 1.165) is 10.9 Å². The zero-order valence-corrected chi connectivity index (χ0v) is 9.06. The minimum atomic E-state index is -0.0755. The molecule has 2 N–H and O–H groups in total. The Kier molecular flexibility index (Phi) is 2.43. The average Bonchev–Trinajstić information content (AvgIpc) is 2.55. The van der Waals surface area contributed by atoms with Gasteiger partial charge in [0.05, 0.1) is 11.3 Å². The van der Waals surface area contributed by atoms with Crippen LogP contribution in [0.1, 0.15) is 18.5 Å². The van der Waals surface area contributed by atoms with E-state index in [1.807, 2.05) is 13.0 Å². The zero-order valence-electron chi connectivity index (χ0n) is 7.55. The highest BCUT2D eigenvalue weighted by Crippen LogP contribution is 2.34. The first-order chi connectivity index (χ1) is 6.61. The first kappa shape index (κ1) is 9.84. The van der Waals surface area contributed by atoms with Gasteiger partial charge in [0.1, 0.15) is 5.02 Å². The van der Waals surface area contributed by atoms with Gasteiger partial charge < -0.3 is 10.2 Å². The van der Waals surface area contributed by atoms with E-state index in [0.29, 0.717) is 15.6 Å². The lowest BCUT2D eigenvalue weighted by Gasteiger charge is -2.01. The van der Waals surface area contributed by atoms with Crippen molar-refractivity contribution in [1.82, 2.24) is 0 Å². The van der Waals surface area contributed by atoms with Crippen molar-refractivity contribution >= 4 is 34.2 Å². The molecule has 1 heterocycles. The van der Waals surface area contributed by atoms with Crippen molar-refractivity contribution in [3.8, 4) is 0 Å². The third-order valence-electron chi connectivity index (χ3n) is 2.16. The second-order valence-electron chi connectivity index (χ2n) is 3.22. The number of furan rings is 1. The van der Waals surface area contributed by atoms with Crippen molar-refractivity contribution in [3.05, 3.63) is 34.0 Å². The van der Waals surface area contributed by atoms with Crippen molar-refractivity contribution in [1.29, 1.82) is 0 Å². The summed E-state index contributed by atoms with van der Waals surface area (Å²) in [5.74, 6) is 0. The zero-order chi connectivity index (χ0) is 10.3. The molecular weight excluding hydrogens is 221 g/mol. The number of fused-ring (bicyclic) bond motifs is 1. The Bertz CT molecular complexity index is 476. The maximum atomic E-state index is 5.98. The minimum Gasteiger partial charge on any atom is -0.462 e. The molecule has 14 heavy (non-hydrogen) atoms. The van der Waals surface area contributed by atoms with Gasteiger partial charge in [-0.2, -0.15) is 0 Å². The van der Waals surface area contributed by atoms with Crippen LogP contribution < -0.4 is 5.73 Å². The van der Waals surface area contributed by atoms with Crippen LogP contribution in [0.3, 0.4) is 0 Å². The van der Waals surface area contributed by atoms with Gasteiger partial charge in [-0.15, -0.1) is 0 Å². The molecule has 0 saturated carbocycles. The highest BCUT2D eigenvalue weighted by Gasteiger charge is 2.13. The number of benzene rings is 1. The van der Waals surface area contributed by atoms with E-state index in [-0.39, 0.29) is 6.04 Å². The normalized spacial score (nSPS) is 13.4. The van der Waals surface area contributed by atoms with E-state index in [9.17, 15) is 0 Å². The summed E-state index contributed by atoms with van der Waals surface area (Å²) < 4.78 is 5.33. The minimum absolute atomic E-state index is 0.0755. The summed E-state index contributed by atoms with van der Waals surface area (Å²) in [7, 11) is 0. The molecule has 0 saturated heterocycles. The molecule has 0 aliphatic heterocycles. The third-order valence-corrected chi connectivity index (χ3v) is 2.94. The van der Waals surface area contributed by atoms with Crippen LogP contribution in [0, 0.1) is 0 Å². The smallest absolute Gasteiger partial charge is 0.154 e. The summed E-state index contributed by atoms with van der Waals surface area (Å²) in [6, 6.07) is 3.54. The van der Waals surface area contributed by atoms with Gasteiger partial charge in [0.2, 0.25) is 0 Å². The highest BCUT2D eigenvalue weighted by molar-refractivity contribution is 6.44. The molecule has 0 spiro atoms. The monoisotopic (exact) mass is 229 g/mol. The fourth-order valence-electron chi connectivity index (χ4n) is 1.41. The molecule has 0 aliphatic carbocycles. The van der Waals surface area contributed by atoms with Crippen LogP contribution in [-0.4, -0.2) is 0 Å². The summed E-state index contributed by atoms with van der Waals surface area (Å²) in [6.45, 7) is 1.90. The summed E-state index contributed by atoms with van der Waals surface area (Å²) in [6.07, 6.45) is 1.62. The third kappa shape index (κ3) is 1.40. The molecular formula is C10H9Cl2NO. The fourth-order valence-corrected chi connectivity index (χ4v) is 1.77. The van der Waals surface area contributed by atoms with Gasteiger partial charge in [-0.05, 0) is 19.1 Å². The number of nitrogens with two attached hydrogens (primary N) is 1. The lowest BCUT2D eigenvalue weighted by Crippen LogP contribution is -2.03. The van der Waals surface area contributed by atoms with E-state index in [1.165, 1.54) is 0 Å². The summed E-state index contributed by atoms with van der Waals surface area (Å²) in [5.41, 5.74) is 7.32. The van der Waals surface area contributed by atoms with Gasteiger partial charge in [0.15, 0.2) is 5.58 Å². The molecule has 0 bridgehead atoms. The number of rotatable bonds is 1. The Balaban J connectivity index is 2.77. The first-order valence-electron chi connectivity index (χ1n) is 4.22. The van der Waals surface area contributed by atoms with Crippen molar-refractivity contribution in [2.24, 2.45) is 5.73 Å². The molecule has 1 aromatic carbocycles. The number of hydrogen-bond donors (Lipinski definition) is 1. The van der Waals surface area contributed by atoms with Gasteiger partial charge in [-0.1, -0.05) is 23.2 Å². The Morgan fingerprint density at radius 1 is 1.36 bits per heavy atom. The van der Waals surface area contributed by atoms with Crippen LogP contribution in [0.25, 0.3) is 11.0 Å². The predicted molar refractivity (Wildman–Crippen MR) is 58.8 cm³/mol. The average molecular weight is 230 g/mol. The molecule has 2 aromatic rings. The SMILES string of the molecule is CC(N)c1coc2c(Cl)c(Cl)ccc12. The van der Waals surface area contributed by atoms with Crippen LogP contribution in [0.5, 0.6) is 0 Å². The molecule has 4 heteroatoms. The van der Waals surface area contributed by atoms with Gasteiger partial charge in [0, 0.05) is 17.0 Å². The van der Waals surface area contributed by atoms with Crippen molar-refractivity contribution in [2.75, 3.05) is 0 Å². The molecule has 2 nitrogen and oxygen atoms in total. The predicted octanol–water partition coefficient (Wildman–Crippen LogP) is 3.76. The van der Waals surface area contributed by atoms with Crippen LogP contribution >= 0.6 is 23.2 Å². The maximum absolute atomic E-state index is 5.98. The quantitative estimate of drug-likeness (QED) is 0.809. The van der Waals surface area contributed by atoms with Crippen LogP contribution in [-0.2, 0) is 0 Å². The van der Waals surface area contributed by atoms with Gasteiger partial charge in [0.25, 0.3) is 0 Å². The number of hydrogen-bond acceptors (Lipinski definition) is 2. The fraction of sp³-hybridized carbons (Fsp3) is 0.200. The molecule has 1 atom stereocenters. The molecule has 0 fully saturated rings. The molecule has 0 aliphatic rings. The molecule has 74 valence electrons. The Hall–Kier alpha value is -0.700. The van der Waals surface area contributed by atoms with Crippen LogP contribution in [0.4, 0.5) is 0 Å². The summed E-state index contributed by atoms with van der Waals surface area (Å²) in [4.78, 5) is 0. The summed E-state index contributed by atoms with van der Waals surface area (Å²) in [5, 5.41) is 1.86. The van der Waals surface area contributed by atoms with Gasteiger partial charge >= 0.3 is 0 Å². The van der Waals surface area contributed by atoms with Crippen molar-refractivity contribution in [3.63, 3.8) is 0 Å². The molecule has 2 rings (SSSR count). The Labute approximate surface area is 91.6 Å². The van der Waals surface area contributed by atoms with Gasteiger partial charge in [-0.25, -0.2) is 0 Å². The van der Waals surface area contributed by atoms with E-state index in [2.05, 4.69) is 0 Å². The van der Waals surface area contributed by atoms with Crippen LogP contribution in [0.15, 0.2) is 22.8 Å². The lowest BCUT2D eigenvalue weighted by atomic mass is 10.1. The van der Waals surface area contributed by atoms with Crippen LogP contribution in [0.2, 0.25) is 10.0 Å². The maximum Gasteiger partial charge on any atom is 0.154 e. The molecule has 0 amide bonds. The summed E-state index contributed by atoms with van der Waals surface area (Å²) >= 11 is 11.8. The first-order valence-corrected chi connectivity index (χ1v) is 4.97. The van der Waals surface area contributed by atoms with E-state index in [4.69, 9.17) is 33.4 Å². The topological polar surface area (TPSA) is 39.2 Å². The standard InChI is InChI=1S/C10H9Cl2NO/c1-5(13)7-4-14-10-6(7)2-3-8(11)9(10)12/h2-5H,13H2,1H3. The van der Waals surface area contributed by atoms with Crippen molar-refractivity contribution in [2.45, 2.75) is 13.0 Å². The Morgan fingerprint density at radius 3 is 2.71 bits per heavy atom. The number of halogens is 2. The molecule has 0 radical (unpaired) electrons. The molecule has 1 unspecified atom stereocenters. The second-order valence-corrected chi connectivity index (χ2v) is 4.00. The lowest BCUT2D eigenvalue weighted by molar-refractivity contribution is 0.605. The molecule has 1 aromatic heterocycles. The second kappa shape index (κ2) is 3.46. The Morgan fingerprint density at radius 2 is 2.07 bits per heavy atom. The highest BCUT2D eigenvalue weighted by atomic mass is 35.5. The van der Waals surface area contributed by atoms with E-state index in [1.54, 1.807) is 12.3 Å². The van der Waals surface area contributed by atoms with Crippen molar-refractivity contribution < 1.29 is 4.42 Å². The van der Waals surface area contributed by atoms with E-state index >= 15 is 0 Å². The van der Waals surface area contributed by atoms with E-state index < -0.39 is 0 Å². The largest absolute Gasteiger partial charge is 0.462 e.